The topological polar surface area (TPSA) is 49.3 Å². The van der Waals surface area contributed by atoms with Crippen molar-refractivity contribution in [1.29, 1.82) is 0 Å². The van der Waals surface area contributed by atoms with E-state index in [9.17, 15) is 9.18 Å². The minimum Gasteiger partial charge on any atom is -0.480 e. The average Bonchev–Trinajstić information content (AvgIpc) is 2.27. The summed E-state index contributed by atoms with van der Waals surface area (Å²) in [7, 11) is 0. The average molecular weight is 239 g/mol. The first-order chi connectivity index (χ1) is 8.06. The molecule has 0 fully saturated rings. The molecule has 0 aliphatic rings. The number of rotatable bonds is 6. The number of anilines is 1. The molecule has 0 heterocycles. The van der Waals surface area contributed by atoms with E-state index in [-0.39, 0.29) is 11.6 Å². The largest absolute Gasteiger partial charge is 0.480 e. The maximum absolute atomic E-state index is 13.4. The zero-order chi connectivity index (χ0) is 12.8. The highest BCUT2D eigenvalue weighted by atomic mass is 19.1. The lowest BCUT2D eigenvalue weighted by Crippen LogP contribution is -2.35. The second kappa shape index (κ2) is 6.23. The van der Waals surface area contributed by atoms with Gasteiger partial charge in [-0.2, -0.15) is 0 Å². The van der Waals surface area contributed by atoms with Gasteiger partial charge in [-0.1, -0.05) is 32.4 Å². The Morgan fingerprint density at radius 3 is 2.65 bits per heavy atom. The summed E-state index contributed by atoms with van der Waals surface area (Å²) >= 11 is 0. The second-order valence-corrected chi connectivity index (χ2v) is 4.21. The summed E-state index contributed by atoms with van der Waals surface area (Å²) in [6, 6.07) is 5.35. The molecule has 0 amide bonds. The third kappa shape index (κ3) is 3.73. The zero-order valence-electron chi connectivity index (χ0n) is 10.1. The minimum absolute atomic E-state index is 0.0443. The molecule has 4 heteroatoms. The first kappa shape index (κ1) is 13.5. The van der Waals surface area contributed by atoms with Crippen molar-refractivity contribution >= 4 is 11.7 Å². The molecule has 0 saturated heterocycles. The Morgan fingerprint density at radius 1 is 1.47 bits per heavy atom. The van der Waals surface area contributed by atoms with E-state index in [2.05, 4.69) is 5.32 Å². The molecular formula is C13H18FNO2. The van der Waals surface area contributed by atoms with E-state index in [1.54, 1.807) is 18.2 Å². The minimum atomic E-state index is -0.950. The number of benzene rings is 1. The summed E-state index contributed by atoms with van der Waals surface area (Å²) in [6.45, 7) is 3.86. The molecule has 94 valence electrons. The lowest BCUT2D eigenvalue weighted by Gasteiger charge is -2.22. The van der Waals surface area contributed by atoms with Gasteiger partial charge in [0.2, 0.25) is 0 Å². The van der Waals surface area contributed by atoms with Crippen LogP contribution in [0.2, 0.25) is 0 Å². The summed E-state index contributed by atoms with van der Waals surface area (Å²) in [6.07, 6.45) is 1.70. The van der Waals surface area contributed by atoms with Gasteiger partial charge in [-0.15, -0.1) is 0 Å². The first-order valence-corrected chi connectivity index (χ1v) is 5.80. The first-order valence-electron chi connectivity index (χ1n) is 5.80. The van der Waals surface area contributed by atoms with Gasteiger partial charge in [0.05, 0.1) is 5.69 Å². The molecule has 1 aromatic carbocycles. The van der Waals surface area contributed by atoms with E-state index >= 15 is 0 Å². The van der Waals surface area contributed by atoms with Gasteiger partial charge in [-0.25, -0.2) is 9.18 Å². The van der Waals surface area contributed by atoms with E-state index in [0.717, 1.165) is 12.8 Å². The number of carboxylic acid groups (broad SMARTS) is 1. The number of carboxylic acids is 1. The van der Waals surface area contributed by atoms with Gasteiger partial charge < -0.3 is 10.4 Å². The molecule has 2 atom stereocenters. The van der Waals surface area contributed by atoms with Crippen LogP contribution in [-0.4, -0.2) is 17.1 Å². The number of carbonyl (C=O) groups is 1. The number of halogens is 1. The smallest absolute Gasteiger partial charge is 0.326 e. The van der Waals surface area contributed by atoms with Crippen molar-refractivity contribution < 1.29 is 14.3 Å². The highest BCUT2D eigenvalue weighted by Crippen LogP contribution is 2.19. The van der Waals surface area contributed by atoms with Crippen molar-refractivity contribution in [3.63, 3.8) is 0 Å². The highest BCUT2D eigenvalue weighted by molar-refractivity contribution is 5.77. The van der Waals surface area contributed by atoms with Crippen LogP contribution in [0.1, 0.15) is 26.7 Å². The summed E-state index contributed by atoms with van der Waals surface area (Å²) in [5, 5.41) is 11.9. The van der Waals surface area contributed by atoms with Gasteiger partial charge in [0.1, 0.15) is 11.9 Å². The molecule has 2 unspecified atom stereocenters. The molecule has 0 saturated carbocycles. The van der Waals surface area contributed by atoms with Crippen LogP contribution in [0.3, 0.4) is 0 Å². The van der Waals surface area contributed by atoms with E-state index in [0.29, 0.717) is 0 Å². The fourth-order valence-electron chi connectivity index (χ4n) is 1.82. The van der Waals surface area contributed by atoms with Crippen LogP contribution >= 0.6 is 0 Å². The molecule has 17 heavy (non-hydrogen) atoms. The Bertz CT molecular complexity index is 381. The monoisotopic (exact) mass is 239 g/mol. The molecular weight excluding hydrogens is 221 g/mol. The van der Waals surface area contributed by atoms with Gasteiger partial charge in [-0.05, 0) is 24.5 Å². The second-order valence-electron chi connectivity index (χ2n) is 4.21. The Hall–Kier alpha value is -1.58. The van der Waals surface area contributed by atoms with Crippen LogP contribution in [0.15, 0.2) is 24.3 Å². The number of hydrogen-bond acceptors (Lipinski definition) is 2. The summed E-state index contributed by atoms with van der Waals surface area (Å²) in [5.74, 6) is -1.42. The predicted octanol–water partition coefficient (Wildman–Crippen LogP) is 3.13. The number of nitrogens with one attached hydrogen (secondary N) is 1. The van der Waals surface area contributed by atoms with Crippen LogP contribution in [-0.2, 0) is 4.79 Å². The third-order valence-electron chi connectivity index (χ3n) is 2.76. The lowest BCUT2D eigenvalue weighted by molar-refractivity contribution is -0.139. The van der Waals surface area contributed by atoms with Crippen LogP contribution in [0, 0.1) is 11.7 Å². The van der Waals surface area contributed by atoms with Crippen molar-refractivity contribution in [2.45, 2.75) is 32.7 Å². The van der Waals surface area contributed by atoms with Gasteiger partial charge in [0, 0.05) is 0 Å². The fourth-order valence-corrected chi connectivity index (χ4v) is 1.82. The molecule has 3 nitrogen and oxygen atoms in total. The van der Waals surface area contributed by atoms with Gasteiger partial charge in [0.15, 0.2) is 0 Å². The standard InChI is InChI=1S/C13H18FNO2/c1-3-6-9(2)12(13(16)17)15-11-8-5-4-7-10(11)14/h4-5,7-9,12,15H,3,6H2,1-2H3,(H,16,17). The molecule has 0 radical (unpaired) electrons. The maximum atomic E-state index is 13.4. The van der Waals surface area contributed by atoms with Crippen molar-refractivity contribution in [3.8, 4) is 0 Å². The third-order valence-corrected chi connectivity index (χ3v) is 2.76. The van der Waals surface area contributed by atoms with E-state index in [1.807, 2.05) is 13.8 Å². The lowest BCUT2D eigenvalue weighted by atomic mass is 9.96. The van der Waals surface area contributed by atoms with Crippen molar-refractivity contribution in [2.24, 2.45) is 5.92 Å². The molecule has 1 rings (SSSR count). The SMILES string of the molecule is CCCC(C)C(Nc1ccccc1F)C(=O)O. The number of para-hydroxylation sites is 1. The Balaban J connectivity index is 2.80. The quantitative estimate of drug-likeness (QED) is 0.801. The molecule has 1 aromatic rings. The van der Waals surface area contributed by atoms with Crippen LogP contribution in [0.25, 0.3) is 0 Å². The van der Waals surface area contributed by atoms with Crippen LogP contribution < -0.4 is 5.32 Å². The van der Waals surface area contributed by atoms with E-state index < -0.39 is 17.8 Å². The molecule has 0 spiro atoms. The molecule has 2 N–H and O–H groups in total. The Morgan fingerprint density at radius 2 is 2.12 bits per heavy atom. The Labute approximate surface area is 101 Å². The van der Waals surface area contributed by atoms with E-state index in [4.69, 9.17) is 5.11 Å². The van der Waals surface area contributed by atoms with E-state index in [1.165, 1.54) is 6.07 Å². The fraction of sp³-hybridized carbons (Fsp3) is 0.462. The van der Waals surface area contributed by atoms with Gasteiger partial charge >= 0.3 is 5.97 Å². The molecule has 0 aliphatic heterocycles. The Kier molecular flexibility index (Phi) is 4.94. The summed E-state index contributed by atoms with van der Waals surface area (Å²) in [5.41, 5.74) is 0.239. The number of hydrogen-bond donors (Lipinski definition) is 2. The predicted molar refractivity (Wildman–Crippen MR) is 65.5 cm³/mol. The zero-order valence-corrected chi connectivity index (χ0v) is 10.1. The molecule has 0 aromatic heterocycles. The van der Waals surface area contributed by atoms with Crippen LogP contribution in [0.5, 0.6) is 0 Å². The van der Waals surface area contributed by atoms with Crippen molar-refractivity contribution in [2.75, 3.05) is 5.32 Å². The maximum Gasteiger partial charge on any atom is 0.326 e. The molecule has 0 bridgehead atoms. The van der Waals surface area contributed by atoms with Crippen molar-refractivity contribution in [1.82, 2.24) is 0 Å². The van der Waals surface area contributed by atoms with Crippen LogP contribution in [0.4, 0.5) is 10.1 Å². The summed E-state index contributed by atoms with van der Waals surface area (Å²) in [4.78, 5) is 11.1. The van der Waals surface area contributed by atoms with Crippen molar-refractivity contribution in [3.05, 3.63) is 30.1 Å². The summed E-state index contributed by atoms with van der Waals surface area (Å²) < 4.78 is 13.4. The molecule has 0 aliphatic carbocycles. The highest BCUT2D eigenvalue weighted by Gasteiger charge is 2.24. The van der Waals surface area contributed by atoms with Gasteiger partial charge in [-0.3, -0.25) is 0 Å². The van der Waals surface area contributed by atoms with Gasteiger partial charge in [0.25, 0.3) is 0 Å². The number of aliphatic carboxylic acids is 1. The normalized spacial score (nSPS) is 14.1.